The number of rotatable bonds is 5. The van der Waals surface area contributed by atoms with Crippen molar-refractivity contribution in [2.75, 3.05) is 25.2 Å². The number of carbonyl (C=O) groups excluding carboxylic acids is 1. The van der Waals surface area contributed by atoms with Gasteiger partial charge >= 0.3 is 0 Å². The molecule has 0 spiro atoms. The fourth-order valence-corrected chi connectivity index (χ4v) is 5.47. The zero-order valence-electron chi connectivity index (χ0n) is 18.8. The van der Waals surface area contributed by atoms with Crippen LogP contribution in [-0.2, 0) is 22.4 Å². The molecule has 5 nitrogen and oxygen atoms in total. The molecule has 6 heteroatoms. The summed E-state index contributed by atoms with van der Waals surface area (Å²) in [6.07, 6.45) is 5.83. The number of nitrogens with zero attached hydrogens (tertiary/aromatic N) is 3. The third-order valence-corrected chi connectivity index (χ3v) is 7.45. The summed E-state index contributed by atoms with van der Waals surface area (Å²) < 4.78 is 8.20. The van der Waals surface area contributed by atoms with Crippen LogP contribution in [0.15, 0.2) is 36.4 Å². The number of fused-ring (bicyclic) bond motifs is 3. The molecule has 2 aromatic carbocycles. The quantitative estimate of drug-likeness (QED) is 0.491. The van der Waals surface area contributed by atoms with Gasteiger partial charge in [-0.15, -0.1) is 0 Å². The number of carbonyl (C=O) groups is 1. The van der Waals surface area contributed by atoms with Crippen molar-refractivity contribution in [2.24, 2.45) is 0 Å². The van der Waals surface area contributed by atoms with Crippen molar-refractivity contribution in [1.82, 2.24) is 9.55 Å². The van der Waals surface area contributed by atoms with E-state index in [0.717, 1.165) is 61.0 Å². The molecule has 1 saturated heterocycles. The van der Waals surface area contributed by atoms with E-state index in [4.69, 9.17) is 21.3 Å². The lowest BCUT2D eigenvalue weighted by Crippen LogP contribution is -2.33. The highest BCUT2D eigenvalue weighted by Gasteiger charge is 2.28. The molecular weight excluding hydrogens is 422 g/mol. The molecule has 0 aliphatic carbocycles. The molecule has 0 amide bonds. The molecular formula is C26H30ClN3O2. The number of imidazole rings is 1. The van der Waals surface area contributed by atoms with Crippen molar-refractivity contribution >= 4 is 34.6 Å². The number of aldehydes is 1. The van der Waals surface area contributed by atoms with Crippen LogP contribution >= 0.6 is 11.6 Å². The fourth-order valence-electron chi connectivity index (χ4n) is 5.27. The zero-order chi connectivity index (χ0) is 22.2. The van der Waals surface area contributed by atoms with Crippen molar-refractivity contribution in [2.45, 2.75) is 57.0 Å². The van der Waals surface area contributed by atoms with Crippen LogP contribution in [0.4, 0.5) is 5.69 Å². The van der Waals surface area contributed by atoms with E-state index in [2.05, 4.69) is 35.6 Å². The Labute approximate surface area is 194 Å². The van der Waals surface area contributed by atoms with Gasteiger partial charge in [-0.2, -0.15) is 0 Å². The minimum Gasteiger partial charge on any atom is -0.379 e. The minimum absolute atomic E-state index is 0.244. The Kier molecular flexibility index (Phi) is 5.95. The number of aromatic nitrogens is 2. The van der Waals surface area contributed by atoms with Crippen molar-refractivity contribution in [1.29, 1.82) is 0 Å². The second kappa shape index (κ2) is 8.87. The molecule has 3 aromatic rings. The van der Waals surface area contributed by atoms with Crippen LogP contribution in [-0.4, -0.2) is 42.1 Å². The monoisotopic (exact) mass is 451 g/mol. The molecule has 168 valence electrons. The number of aryl methyl sites for hydroxylation is 1. The zero-order valence-corrected chi connectivity index (χ0v) is 19.5. The normalized spacial score (nSPS) is 22.0. The van der Waals surface area contributed by atoms with Gasteiger partial charge in [0.1, 0.15) is 12.1 Å². The fraction of sp³-hybridized carbons (Fsp3) is 0.462. The molecule has 32 heavy (non-hydrogen) atoms. The van der Waals surface area contributed by atoms with Crippen LogP contribution in [0.25, 0.3) is 11.0 Å². The standard InChI is InChI=1S/C26H30ClN3O2/c1-17-8-9-22-23(29(17)2)10-11-24-26(22)28-25(30(24)21-7-4-12-32-16-21)14-19(15-31)18-5-3-6-20(27)13-18/h3,5-6,10-11,13,15,17,19,21H,4,7-9,12,14,16H2,1-2H3. The van der Waals surface area contributed by atoms with Gasteiger partial charge in [0.25, 0.3) is 0 Å². The van der Waals surface area contributed by atoms with E-state index < -0.39 is 0 Å². The van der Waals surface area contributed by atoms with Gasteiger partial charge in [-0.1, -0.05) is 23.7 Å². The highest BCUT2D eigenvalue weighted by atomic mass is 35.5. The smallest absolute Gasteiger partial charge is 0.127 e. The molecule has 1 fully saturated rings. The molecule has 1 aromatic heterocycles. The summed E-state index contributed by atoms with van der Waals surface area (Å²) in [5.41, 5.74) is 5.77. The molecule has 0 saturated carbocycles. The number of hydrogen-bond donors (Lipinski definition) is 0. The third kappa shape index (κ3) is 3.82. The lowest BCUT2D eigenvalue weighted by Gasteiger charge is -2.34. The Morgan fingerprint density at radius 1 is 1.28 bits per heavy atom. The predicted octanol–water partition coefficient (Wildman–Crippen LogP) is 5.34. The summed E-state index contributed by atoms with van der Waals surface area (Å²) in [7, 11) is 2.17. The highest BCUT2D eigenvalue weighted by molar-refractivity contribution is 6.30. The number of hydrogen-bond acceptors (Lipinski definition) is 4. The summed E-state index contributed by atoms with van der Waals surface area (Å²) in [4.78, 5) is 19.7. The van der Waals surface area contributed by atoms with E-state index in [1.165, 1.54) is 11.3 Å². The molecule has 0 radical (unpaired) electrons. The van der Waals surface area contributed by atoms with Crippen LogP contribution in [0, 0.1) is 0 Å². The van der Waals surface area contributed by atoms with Crippen LogP contribution in [0.5, 0.6) is 0 Å². The first-order valence-corrected chi connectivity index (χ1v) is 12.0. The molecule has 3 atom stereocenters. The molecule has 3 heterocycles. The SMILES string of the molecule is CC1CCc2c(ccc3c2nc(CC(C=O)c2cccc(Cl)c2)n3C2CCCOC2)N1C. The summed E-state index contributed by atoms with van der Waals surface area (Å²) >= 11 is 6.21. The van der Waals surface area contributed by atoms with E-state index in [9.17, 15) is 4.79 Å². The Morgan fingerprint density at radius 2 is 2.16 bits per heavy atom. The number of benzene rings is 2. The highest BCUT2D eigenvalue weighted by Crippen LogP contribution is 2.38. The maximum absolute atomic E-state index is 12.1. The van der Waals surface area contributed by atoms with Crippen LogP contribution in [0.1, 0.15) is 55.1 Å². The summed E-state index contributed by atoms with van der Waals surface area (Å²) in [6.45, 7) is 3.78. The summed E-state index contributed by atoms with van der Waals surface area (Å²) in [6, 6.07) is 12.8. The van der Waals surface area contributed by atoms with Crippen molar-refractivity contribution in [3.8, 4) is 0 Å². The van der Waals surface area contributed by atoms with Gasteiger partial charge in [0, 0.05) is 48.3 Å². The molecule has 3 unspecified atom stereocenters. The Balaban J connectivity index is 1.62. The summed E-state index contributed by atoms with van der Waals surface area (Å²) in [5, 5.41) is 0.648. The first kappa shape index (κ1) is 21.5. The average Bonchev–Trinajstić information content (AvgIpc) is 3.18. The van der Waals surface area contributed by atoms with Gasteiger partial charge in [0.15, 0.2) is 0 Å². The predicted molar refractivity (Wildman–Crippen MR) is 129 cm³/mol. The van der Waals surface area contributed by atoms with Crippen LogP contribution in [0.2, 0.25) is 5.02 Å². The molecule has 0 N–H and O–H groups in total. The molecule has 2 aliphatic rings. The van der Waals surface area contributed by atoms with Gasteiger partial charge < -0.3 is 19.0 Å². The maximum Gasteiger partial charge on any atom is 0.127 e. The topological polar surface area (TPSA) is 47.4 Å². The second-order valence-corrected chi connectivity index (χ2v) is 9.64. The first-order valence-electron chi connectivity index (χ1n) is 11.6. The van der Waals surface area contributed by atoms with E-state index in [1.54, 1.807) is 0 Å². The third-order valence-electron chi connectivity index (χ3n) is 7.21. The van der Waals surface area contributed by atoms with Gasteiger partial charge in [0.05, 0.1) is 23.7 Å². The van der Waals surface area contributed by atoms with E-state index in [-0.39, 0.29) is 12.0 Å². The van der Waals surface area contributed by atoms with Crippen LogP contribution in [0.3, 0.4) is 0 Å². The van der Waals surface area contributed by atoms with Gasteiger partial charge in [-0.25, -0.2) is 4.98 Å². The average molecular weight is 452 g/mol. The molecule has 5 rings (SSSR count). The number of ether oxygens (including phenoxy) is 1. The van der Waals surface area contributed by atoms with Gasteiger partial charge in [-0.3, -0.25) is 0 Å². The minimum atomic E-state index is -0.285. The lowest BCUT2D eigenvalue weighted by atomic mass is 9.96. The van der Waals surface area contributed by atoms with Gasteiger partial charge in [-0.05, 0) is 62.4 Å². The lowest BCUT2D eigenvalue weighted by molar-refractivity contribution is -0.109. The maximum atomic E-state index is 12.1. The van der Waals surface area contributed by atoms with Crippen molar-refractivity contribution in [3.05, 3.63) is 58.4 Å². The van der Waals surface area contributed by atoms with Crippen molar-refractivity contribution < 1.29 is 9.53 Å². The summed E-state index contributed by atoms with van der Waals surface area (Å²) in [5.74, 6) is 0.676. The Bertz CT molecular complexity index is 1140. The van der Waals surface area contributed by atoms with E-state index in [1.807, 2.05) is 24.3 Å². The van der Waals surface area contributed by atoms with E-state index in [0.29, 0.717) is 24.1 Å². The largest absolute Gasteiger partial charge is 0.379 e. The molecule has 2 aliphatic heterocycles. The first-order chi connectivity index (χ1) is 15.6. The van der Waals surface area contributed by atoms with Gasteiger partial charge in [0.2, 0.25) is 0 Å². The Morgan fingerprint density at radius 3 is 2.91 bits per heavy atom. The second-order valence-electron chi connectivity index (χ2n) is 9.20. The number of halogens is 1. The van der Waals surface area contributed by atoms with Crippen molar-refractivity contribution in [3.63, 3.8) is 0 Å². The molecule has 0 bridgehead atoms. The number of anilines is 1. The van der Waals surface area contributed by atoms with Crippen LogP contribution < -0.4 is 4.90 Å². The Hall–Kier alpha value is -2.37. The van der Waals surface area contributed by atoms with E-state index >= 15 is 0 Å².